The highest BCUT2D eigenvalue weighted by atomic mass is 19.2. The second-order valence-corrected chi connectivity index (χ2v) is 6.22. The van der Waals surface area contributed by atoms with Crippen LogP contribution >= 0.6 is 0 Å². The highest BCUT2D eigenvalue weighted by molar-refractivity contribution is 5.94. The number of benzene rings is 2. The molecule has 1 aliphatic heterocycles. The molecule has 0 aliphatic carbocycles. The summed E-state index contributed by atoms with van der Waals surface area (Å²) in [5.74, 6) is -2.16. The minimum atomic E-state index is -1.04. The molecule has 2 aromatic carbocycles. The Hall–Kier alpha value is -2.96. The summed E-state index contributed by atoms with van der Waals surface area (Å²) in [6.45, 7) is 1.05. The second kappa shape index (κ2) is 7.51. The number of carbonyl (C=O) groups excluding carboxylic acids is 2. The second-order valence-electron chi connectivity index (χ2n) is 6.22. The molecule has 0 unspecified atom stereocenters. The molecule has 3 rings (SSSR count). The van der Waals surface area contributed by atoms with Gasteiger partial charge in [-0.1, -0.05) is 30.3 Å². The Balaban J connectivity index is 1.62. The van der Waals surface area contributed by atoms with Gasteiger partial charge in [0.1, 0.15) is 6.04 Å². The van der Waals surface area contributed by atoms with E-state index in [-0.39, 0.29) is 11.6 Å². The number of urea groups is 1. The van der Waals surface area contributed by atoms with Gasteiger partial charge in [0, 0.05) is 31.9 Å². The summed E-state index contributed by atoms with van der Waals surface area (Å²) in [5.41, 5.74) is 1.16. The molecule has 1 saturated heterocycles. The van der Waals surface area contributed by atoms with Gasteiger partial charge in [0.05, 0.1) is 0 Å². The number of hydrogen-bond donors (Lipinski definition) is 1. The molecule has 5 nitrogen and oxygen atoms in total. The van der Waals surface area contributed by atoms with Crippen molar-refractivity contribution in [2.24, 2.45) is 0 Å². The molecule has 0 saturated carbocycles. The molecule has 1 heterocycles. The third-order valence-corrected chi connectivity index (χ3v) is 4.44. The van der Waals surface area contributed by atoms with Crippen LogP contribution in [0.5, 0.6) is 0 Å². The lowest BCUT2D eigenvalue weighted by atomic mass is 10.2. The largest absolute Gasteiger partial charge is 0.336 e. The van der Waals surface area contributed by atoms with Crippen LogP contribution in [0.2, 0.25) is 0 Å². The molecule has 1 atom stereocenters. The van der Waals surface area contributed by atoms with Crippen molar-refractivity contribution in [2.45, 2.75) is 19.0 Å². The number of likely N-dealkylation sites (N-methyl/N-ethyl adjacent to an activating group) is 1. The van der Waals surface area contributed by atoms with Crippen molar-refractivity contribution >= 4 is 17.6 Å². The Labute approximate surface area is 150 Å². The van der Waals surface area contributed by atoms with Crippen molar-refractivity contribution < 1.29 is 18.4 Å². The van der Waals surface area contributed by atoms with Crippen LogP contribution in [0.15, 0.2) is 48.5 Å². The molecule has 136 valence electrons. The first-order valence-electron chi connectivity index (χ1n) is 8.27. The summed E-state index contributed by atoms with van der Waals surface area (Å²) in [6, 6.07) is 11.6. The Bertz CT molecular complexity index is 814. The van der Waals surface area contributed by atoms with E-state index in [0.717, 1.165) is 17.7 Å². The molecule has 1 aliphatic rings. The average molecular weight is 359 g/mol. The molecule has 0 spiro atoms. The first kappa shape index (κ1) is 17.8. The zero-order valence-electron chi connectivity index (χ0n) is 14.3. The van der Waals surface area contributed by atoms with Gasteiger partial charge in [0.15, 0.2) is 11.6 Å². The molecule has 0 bridgehead atoms. The average Bonchev–Trinajstić information content (AvgIpc) is 2.99. The summed E-state index contributed by atoms with van der Waals surface area (Å²) < 4.78 is 26.2. The van der Waals surface area contributed by atoms with Gasteiger partial charge in [0.25, 0.3) is 0 Å². The molecule has 3 amide bonds. The zero-order valence-corrected chi connectivity index (χ0v) is 14.3. The maximum absolute atomic E-state index is 13.3. The number of halogens is 2. The van der Waals surface area contributed by atoms with E-state index >= 15 is 0 Å². The number of likely N-dealkylation sites (tertiary alicyclic amines) is 1. The Morgan fingerprint density at radius 3 is 2.62 bits per heavy atom. The van der Waals surface area contributed by atoms with Gasteiger partial charge in [0.2, 0.25) is 5.91 Å². The monoisotopic (exact) mass is 359 g/mol. The fourth-order valence-electron chi connectivity index (χ4n) is 2.97. The fraction of sp³-hybridized carbons (Fsp3) is 0.263. The maximum atomic E-state index is 13.3. The molecule has 0 radical (unpaired) electrons. The van der Waals surface area contributed by atoms with E-state index in [2.05, 4.69) is 5.32 Å². The number of nitrogens with zero attached hydrogens (tertiary/aromatic N) is 2. The van der Waals surface area contributed by atoms with Gasteiger partial charge >= 0.3 is 6.03 Å². The van der Waals surface area contributed by atoms with Crippen LogP contribution in [0.3, 0.4) is 0 Å². The van der Waals surface area contributed by atoms with Crippen molar-refractivity contribution in [2.75, 3.05) is 18.9 Å². The minimum absolute atomic E-state index is 0.128. The van der Waals surface area contributed by atoms with E-state index in [9.17, 15) is 18.4 Å². The van der Waals surface area contributed by atoms with E-state index in [4.69, 9.17) is 0 Å². The van der Waals surface area contributed by atoms with Crippen LogP contribution < -0.4 is 5.32 Å². The zero-order chi connectivity index (χ0) is 18.7. The van der Waals surface area contributed by atoms with E-state index < -0.39 is 23.7 Å². The molecular formula is C19H19F2N3O2. The predicted octanol–water partition coefficient (Wildman–Crippen LogP) is 3.23. The number of amides is 3. The summed E-state index contributed by atoms with van der Waals surface area (Å²) >= 11 is 0. The van der Waals surface area contributed by atoms with E-state index in [1.165, 1.54) is 18.0 Å². The van der Waals surface area contributed by atoms with Gasteiger partial charge in [-0.05, 0) is 24.1 Å². The molecule has 2 aromatic rings. The SMILES string of the molecule is CN(C(=O)Nc1ccc(F)c(F)c1)[C@H]1CCN(Cc2ccccc2)C1=O. The van der Waals surface area contributed by atoms with E-state index in [0.29, 0.717) is 19.5 Å². The third kappa shape index (κ3) is 3.82. The topological polar surface area (TPSA) is 52.7 Å². The van der Waals surface area contributed by atoms with Crippen LogP contribution in [0.4, 0.5) is 19.3 Å². The van der Waals surface area contributed by atoms with Crippen molar-refractivity contribution in [1.82, 2.24) is 9.80 Å². The smallest absolute Gasteiger partial charge is 0.322 e. The summed E-state index contributed by atoms with van der Waals surface area (Å²) in [4.78, 5) is 27.9. The molecule has 1 fully saturated rings. The summed E-state index contributed by atoms with van der Waals surface area (Å²) in [6.07, 6.45) is 0.521. The van der Waals surface area contributed by atoms with Crippen LogP contribution in [0, 0.1) is 11.6 Å². The highest BCUT2D eigenvalue weighted by Gasteiger charge is 2.36. The van der Waals surface area contributed by atoms with Crippen molar-refractivity contribution in [1.29, 1.82) is 0 Å². The van der Waals surface area contributed by atoms with Crippen molar-refractivity contribution in [3.05, 3.63) is 65.7 Å². The van der Waals surface area contributed by atoms with Crippen LogP contribution in [-0.2, 0) is 11.3 Å². The normalized spacial score (nSPS) is 16.7. The third-order valence-electron chi connectivity index (χ3n) is 4.44. The Morgan fingerprint density at radius 2 is 1.92 bits per heavy atom. The number of carbonyl (C=O) groups is 2. The number of anilines is 1. The lowest BCUT2D eigenvalue weighted by Gasteiger charge is -2.24. The Morgan fingerprint density at radius 1 is 1.19 bits per heavy atom. The lowest BCUT2D eigenvalue weighted by Crippen LogP contribution is -2.44. The first-order chi connectivity index (χ1) is 12.5. The summed E-state index contributed by atoms with van der Waals surface area (Å²) in [5, 5.41) is 2.48. The standard InChI is InChI=1S/C19H19F2N3O2/c1-23(19(26)22-14-7-8-15(20)16(21)11-14)17-9-10-24(18(17)25)12-13-5-3-2-4-6-13/h2-8,11,17H,9-10,12H2,1H3,(H,22,26)/t17-/m0/s1. The number of rotatable bonds is 4. The predicted molar refractivity (Wildman–Crippen MR) is 93.4 cm³/mol. The number of nitrogens with one attached hydrogen (secondary N) is 1. The van der Waals surface area contributed by atoms with Gasteiger partial charge in [-0.2, -0.15) is 0 Å². The van der Waals surface area contributed by atoms with Gasteiger partial charge in [-0.15, -0.1) is 0 Å². The van der Waals surface area contributed by atoms with Crippen LogP contribution in [0.25, 0.3) is 0 Å². The van der Waals surface area contributed by atoms with Gasteiger partial charge in [-0.3, -0.25) is 4.79 Å². The van der Waals surface area contributed by atoms with Gasteiger partial charge < -0.3 is 15.1 Å². The highest BCUT2D eigenvalue weighted by Crippen LogP contribution is 2.20. The summed E-state index contributed by atoms with van der Waals surface area (Å²) in [7, 11) is 1.52. The number of hydrogen-bond acceptors (Lipinski definition) is 2. The fourth-order valence-corrected chi connectivity index (χ4v) is 2.97. The Kier molecular flexibility index (Phi) is 5.16. The van der Waals surface area contributed by atoms with E-state index in [1.54, 1.807) is 4.90 Å². The van der Waals surface area contributed by atoms with Crippen LogP contribution in [0.1, 0.15) is 12.0 Å². The molecule has 0 aromatic heterocycles. The first-order valence-corrected chi connectivity index (χ1v) is 8.27. The molecule has 26 heavy (non-hydrogen) atoms. The van der Waals surface area contributed by atoms with Crippen molar-refractivity contribution in [3.8, 4) is 0 Å². The maximum Gasteiger partial charge on any atom is 0.322 e. The molecule has 1 N–H and O–H groups in total. The quantitative estimate of drug-likeness (QED) is 0.911. The lowest BCUT2D eigenvalue weighted by molar-refractivity contribution is -0.131. The molecule has 7 heteroatoms. The van der Waals surface area contributed by atoms with Crippen LogP contribution in [-0.4, -0.2) is 41.4 Å². The molecular weight excluding hydrogens is 340 g/mol. The van der Waals surface area contributed by atoms with Crippen molar-refractivity contribution in [3.63, 3.8) is 0 Å². The minimum Gasteiger partial charge on any atom is -0.336 e. The van der Waals surface area contributed by atoms with Gasteiger partial charge in [-0.25, -0.2) is 13.6 Å². The van der Waals surface area contributed by atoms with E-state index in [1.807, 2.05) is 30.3 Å².